The largest absolute Gasteiger partial charge is 0.384 e. The van der Waals surface area contributed by atoms with Gasteiger partial charge in [-0.25, -0.2) is 0 Å². The minimum atomic E-state index is 0.372. The van der Waals surface area contributed by atoms with E-state index in [9.17, 15) is 0 Å². The first-order chi connectivity index (χ1) is 5.66. The third-order valence-electron chi connectivity index (χ3n) is 1.82. The van der Waals surface area contributed by atoms with Gasteiger partial charge in [-0.15, -0.1) is 0 Å². The highest BCUT2D eigenvalue weighted by Crippen LogP contribution is 2.23. The Bertz CT molecular complexity index is 240. The van der Waals surface area contributed by atoms with Gasteiger partial charge in [0.2, 0.25) is 0 Å². The quantitative estimate of drug-likeness (QED) is 0.797. The van der Waals surface area contributed by atoms with Gasteiger partial charge in [0.1, 0.15) is 0 Å². The standard InChI is InChI=1S/C8H13BrN2O/c1-6(5-12-3)8-7(9)4-10-11(8)2/h4,6H,5H2,1-3H3. The Hall–Kier alpha value is -0.350. The molecule has 0 aromatic carbocycles. The average molecular weight is 233 g/mol. The van der Waals surface area contributed by atoms with Crippen LogP contribution in [0, 0.1) is 0 Å². The highest BCUT2D eigenvalue weighted by Gasteiger charge is 2.13. The lowest BCUT2D eigenvalue weighted by molar-refractivity contribution is 0.181. The SMILES string of the molecule is COCC(C)c1c(Br)cnn1C. The minimum absolute atomic E-state index is 0.372. The summed E-state index contributed by atoms with van der Waals surface area (Å²) in [6.45, 7) is 2.84. The topological polar surface area (TPSA) is 27.1 Å². The molecule has 0 radical (unpaired) electrons. The van der Waals surface area contributed by atoms with Crippen LogP contribution in [0.3, 0.4) is 0 Å². The molecule has 4 heteroatoms. The van der Waals surface area contributed by atoms with Gasteiger partial charge in [-0.05, 0) is 15.9 Å². The summed E-state index contributed by atoms with van der Waals surface area (Å²) in [6.07, 6.45) is 1.81. The Morgan fingerprint density at radius 1 is 1.75 bits per heavy atom. The zero-order chi connectivity index (χ0) is 9.14. The molecule has 0 aliphatic heterocycles. The predicted molar refractivity (Wildman–Crippen MR) is 51.2 cm³/mol. The molecule has 1 unspecified atom stereocenters. The predicted octanol–water partition coefficient (Wildman–Crippen LogP) is 1.93. The van der Waals surface area contributed by atoms with Gasteiger partial charge < -0.3 is 4.74 Å². The van der Waals surface area contributed by atoms with Crippen LogP contribution in [0.15, 0.2) is 10.7 Å². The Kier molecular flexibility index (Phi) is 3.29. The van der Waals surface area contributed by atoms with E-state index in [4.69, 9.17) is 4.74 Å². The van der Waals surface area contributed by atoms with E-state index in [1.807, 2.05) is 17.9 Å². The van der Waals surface area contributed by atoms with Crippen molar-refractivity contribution in [2.24, 2.45) is 7.05 Å². The van der Waals surface area contributed by atoms with Gasteiger partial charge in [0.15, 0.2) is 0 Å². The molecule has 0 saturated heterocycles. The van der Waals surface area contributed by atoms with Crippen molar-refractivity contribution in [2.75, 3.05) is 13.7 Å². The summed E-state index contributed by atoms with van der Waals surface area (Å²) < 4.78 is 7.99. The summed E-state index contributed by atoms with van der Waals surface area (Å²) >= 11 is 3.45. The number of hydrogen-bond acceptors (Lipinski definition) is 2. The maximum atomic E-state index is 5.08. The second-order valence-electron chi connectivity index (χ2n) is 2.86. The van der Waals surface area contributed by atoms with Crippen LogP contribution in [0.1, 0.15) is 18.5 Å². The van der Waals surface area contributed by atoms with Crippen LogP contribution in [0.25, 0.3) is 0 Å². The van der Waals surface area contributed by atoms with Gasteiger partial charge in [0.05, 0.1) is 23.0 Å². The Morgan fingerprint density at radius 2 is 2.42 bits per heavy atom. The van der Waals surface area contributed by atoms with Crippen molar-refractivity contribution in [3.8, 4) is 0 Å². The zero-order valence-corrected chi connectivity index (χ0v) is 9.13. The molecule has 1 aromatic heterocycles. The van der Waals surface area contributed by atoms with E-state index in [1.165, 1.54) is 5.69 Å². The van der Waals surface area contributed by atoms with E-state index in [0.29, 0.717) is 5.92 Å². The van der Waals surface area contributed by atoms with Gasteiger partial charge >= 0.3 is 0 Å². The van der Waals surface area contributed by atoms with Crippen LogP contribution < -0.4 is 0 Å². The lowest BCUT2D eigenvalue weighted by Crippen LogP contribution is -2.08. The number of nitrogens with zero attached hydrogens (tertiary/aromatic N) is 2. The van der Waals surface area contributed by atoms with E-state index in [1.54, 1.807) is 7.11 Å². The molecule has 0 spiro atoms. The first-order valence-corrected chi connectivity index (χ1v) is 4.62. The Morgan fingerprint density at radius 3 is 2.83 bits per heavy atom. The number of methoxy groups -OCH3 is 1. The molecule has 1 rings (SSSR count). The van der Waals surface area contributed by atoms with Crippen molar-refractivity contribution in [2.45, 2.75) is 12.8 Å². The third kappa shape index (κ3) is 1.87. The maximum absolute atomic E-state index is 5.08. The Balaban J connectivity index is 2.85. The fraction of sp³-hybridized carbons (Fsp3) is 0.625. The van der Waals surface area contributed by atoms with Gasteiger partial charge in [0.25, 0.3) is 0 Å². The van der Waals surface area contributed by atoms with Crippen molar-refractivity contribution in [3.05, 3.63) is 16.4 Å². The van der Waals surface area contributed by atoms with Crippen molar-refractivity contribution >= 4 is 15.9 Å². The van der Waals surface area contributed by atoms with Gasteiger partial charge in [0, 0.05) is 20.1 Å². The highest BCUT2D eigenvalue weighted by molar-refractivity contribution is 9.10. The highest BCUT2D eigenvalue weighted by atomic mass is 79.9. The van der Waals surface area contributed by atoms with Crippen LogP contribution in [-0.4, -0.2) is 23.5 Å². The molecular formula is C8H13BrN2O. The second kappa shape index (κ2) is 4.05. The fourth-order valence-corrected chi connectivity index (χ4v) is 2.04. The molecule has 0 fully saturated rings. The van der Waals surface area contributed by atoms with Crippen molar-refractivity contribution < 1.29 is 4.74 Å². The van der Waals surface area contributed by atoms with E-state index >= 15 is 0 Å². The van der Waals surface area contributed by atoms with E-state index in [0.717, 1.165) is 11.1 Å². The number of ether oxygens (including phenoxy) is 1. The van der Waals surface area contributed by atoms with Gasteiger partial charge in [-0.1, -0.05) is 6.92 Å². The lowest BCUT2D eigenvalue weighted by Gasteiger charge is -2.10. The molecule has 3 nitrogen and oxygen atoms in total. The molecule has 0 bridgehead atoms. The zero-order valence-electron chi connectivity index (χ0n) is 7.54. The summed E-state index contributed by atoms with van der Waals surface area (Å²) in [5.74, 6) is 0.372. The van der Waals surface area contributed by atoms with E-state index in [2.05, 4.69) is 28.0 Å². The van der Waals surface area contributed by atoms with Crippen LogP contribution in [-0.2, 0) is 11.8 Å². The van der Waals surface area contributed by atoms with Crippen LogP contribution in [0.2, 0.25) is 0 Å². The first kappa shape index (κ1) is 9.74. The van der Waals surface area contributed by atoms with Crippen LogP contribution in [0.4, 0.5) is 0 Å². The number of aromatic nitrogens is 2. The monoisotopic (exact) mass is 232 g/mol. The molecule has 1 heterocycles. The average Bonchev–Trinajstić information content (AvgIpc) is 2.32. The summed E-state index contributed by atoms with van der Waals surface area (Å²) in [4.78, 5) is 0. The molecule has 1 atom stereocenters. The number of aryl methyl sites for hydroxylation is 1. The fourth-order valence-electron chi connectivity index (χ4n) is 1.30. The summed E-state index contributed by atoms with van der Waals surface area (Å²) in [6, 6.07) is 0. The molecule has 0 aliphatic carbocycles. The molecular weight excluding hydrogens is 220 g/mol. The third-order valence-corrected chi connectivity index (χ3v) is 2.43. The summed E-state index contributed by atoms with van der Waals surface area (Å²) in [5, 5.41) is 4.13. The second-order valence-corrected chi connectivity index (χ2v) is 3.71. The molecule has 1 aromatic rings. The maximum Gasteiger partial charge on any atom is 0.0635 e. The number of rotatable bonds is 3. The smallest absolute Gasteiger partial charge is 0.0635 e. The molecule has 0 amide bonds. The Labute approximate surface area is 80.8 Å². The number of halogens is 1. The lowest BCUT2D eigenvalue weighted by atomic mass is 10.1. The molecule has 68 valence electrons. The van der Waals surface area contributed by atoms with E-state index < -0.39 is 0 Å². The van der Waals surface area contributed by atoms with Crippen LogP contribution in [0.5, 0.6) is 0 Å². The van der Waals surface area contributed by atoms with Crippen LogP contribution >= 0.6 is 15.9 Å². The summed E-state index contributed by atoms with van der Waals surface area (Å²) in [7, 11) is 3.65. The van der Waals surface area contributed by atoms with Crippen molar-refractivity contribution in [3.63, 3.8) is 0 Å². The first-order valence-electron chi connectivity index (χ1n) is 3.83. The minimum Gasteiger partial charge on any atom is -0.384 e. The van der Waals surface area contributed by atoms with Gasteiger partial charge in [-0.2, -0.15) is 5.10 Å². The normalized spacial score (nSPS) is 13.3. The van der Waals surface area contributed by atoms with Crippen molar-refractivity contribution in [1.29, 1.82) is 0 Å². The molecule has 0 saturated carbocycles. The summed E-state index contributed by atoms with van der Waals surface area (Å²) in [5.41, 5.74) is 1.18. The van der Waals surface area contributed by atoms with Crippen molar-refractivity contribution in [1.82, 2.24) is 9.78 Å². The van der Waals surface area contributed by atoms with E-state index in [-0.39, 0.29) is 0 Å². The molecule has 0 N–H and O–H groups in total. The number of hydrogen-bond donors (Lipinski definition) is 0. The molecule has 0 aliphatic rings. The molecule has 12 heavy (non-hydrogen) atoms. The van der Waals surface area contributed by atoms with Gasteiger partial charge in [-0.3, -0.25) is 4.68 Å².